The number of anilines is 1. The molecule has 0 unspecified atom stereocenters. The van der Waals surface area contributed by atoms with Crippen LogP contribution in [0, 0.1) is 5.82 Å². The van der Waals surface area contributed by atoms with E-state index >= 15 is 0 Å². The summed E-state index contributed by atoms with van der Waals surface area (Å²) in [6.07, 6.45) is 0. The van der Waals surface area contributed by atoms with Crippen molar-refractivity contribution in [2.24, 2.45) is 0 Å². The molecule has 110 valence electrons. The van der Waals surface area contributed by atoms with Crippen LogP contribution >= 0.6 is 0 Å². The molecule has 0 aromatic heterocycles. The molecule has 0 amide bonds. The zero-order valence-corrected chi connectivity index (χ0v) is 11.8. The Morgan fingerprint density at radius 1 is 1.14 bits per heavy atom. The highest BCUT2D eigenvalue weighted by Gasteiger charge is 2.25. The molecule has 7 heteroatoms. The number of para-hydroxylation sites is 1. The van der Waals surface area contributed by atoms with E-state index in [-0.39, 0.29) is 0 Å². The molecular formula is C14H11FNO4S-. The van der Waals surface area contributed by atoms with Gasteiger partial charge in [-0.3, -0.25) is 4.31 Å². The topological polar surface area (TPSA) is 77.5 Å². The third-order valence-corrected chi connectivity index (χ3v) is 4.73. The highest BCUT2D eigenvalue weighted by molar-refractivity contribution is 7.92. The van der Waals surface area contributed by atoms with Crippen LogP contribution in [0.25, 0.3) is 0 Å². The van der Waals surface area contributed by atoms with Crippen LogP contribution in [0.15, 0.2) is 53.4 Å². The first-order valence-electron chi connectivity index (χ1n) is 5.89. The van der Waals surface area contributed by atoms with Crippen molar-refractivity contribution in [3.8, 4) is 0 Å². The fourth-order valence-corrected chi connectivity index (χ4v) is 3.04. The van der Waals surface area contributed by atoms with Crippen LogP contribution in [0.3, 0.4) is 0 Å². The van der Waals surface area contributed by atoms with E-state index in [1.54, 1.807) is 18.2 Å². The molecular weight excluding hydrogens is 297 g/mol. The van der Waals surface area contributed by atoms with Gasteiger partial charge in [0.15, 0.2) is 0 Å². The number of hydrogen-bond acceptors (Lipinski definition) is 4. The highest BCUT2D eigenvalue weighted by Crippen LogP contribution is 2.24. The van der Waals surface area contributed by atoms with Gasteiger partial charge in [0, 0.05) is 7.05 Å². The molecule has 0 aliphatic carbocycles. The molecule has 0 aliphatic heterocycles. The third-order valence-electron chi connectivity index (χ3n) is 2.93. The first-order valence-corrected chi connectivity index (χ1v) is 7.33. The molecule has 0 bridgehead atoms. The zero-order valence-electron chi connectivity index (χ0n) is 11.0. The molecule has 0 fully saturated rings. The lowest BCUT2D eigenvalue weighted by molar-refractivity contribution is -0.255. The van der Waals surface area contributed by atoms with Crippen LogP contribution in [0.2, 0.25) is 0 Å². The Morgan fingerprint density at radius 3 is 2.33 bits per heavy atom. The number of carboxylic acids is 1. The largest absolute Gasteiger partial charge is 0.545 e. The lowest BCUT2D eigenvalue weighted by Crippen LogP contribution is -2.28. The van der Waals surface area contributed by atoms with E-state index in [1.807, 2.05) is 0 Å². The smallest absolute Gasteiger partial charge is 0.267 e. The molecule has 0 saturated carbocycles. The Labute approximate surface area is 121 Å². The monoisotopic (exact) mass is 308 g/mol. The van der Waals surface area contributed by atoms with Crippen molar-refractivity contribution >= 4 is 21.7 Å². The van der Waals surface area contributed by atoms with E-state index in [1.165, 1.54) is 19.2 Å². The molecule has 0 radical (unpaired) electrons. The molecule has 21 heavy (non-hydrogen) atoms. The molecule has 0 spiro atoms. The van der Waals surface area contributed by atoms with Gasteiger partial charge in [0.05, 0.1) is 11.7 Å². The summed E-state index contributed by atoms with van der Waals surface area (Å²) >= 11 is 0. The summed E-state index contributed by atoms with van der Waals surface area (Å²) in [5.41, 5.74) is -0.0767. The van der Waals surface area contributed by atoms with Gasteiger partial charge in [-0.15, -0.1) is 0 Å². The summed E-state index contributed by atoms with van der Waals surface area (Å²) in [4.78, 5) is 10.1. The number of halogens is 1. The Bertz CT molecular complexity index is 775. The quantitative estimate of drug-likeness (QED) is 0.844. The van der Waals surface area contributed by atoms with Crippen LogP contribution in [-0.2, 0) is 10.0 Å². The van der Waals surface area contributed by atoms with Gasteiger partial charge in [-0.2, -0.15) is 0 Å². The van der Waals surface area contributed by atoms with Crippen molar-refractivity contribution in [3.63, 3.8) is 0 Å². The van der Waals surface area contributed by atoms with Gasteiger partial charge in [0.1, 0.15) is 10.7 Å². The van der Waals surface area contributed by atoms with E-state index in [4.69, 9.17) is 0 Å². The number of benzene rings is 2. The van der Waals surface area contributed by atoms with Crippen molar-refractivity contribution in [2.45, 2.75) is 4.90 Å². The first kappa shape index (κ1) is 15.0. The second kappa shape index (κ2) is 5.53. The molecule has 5 nitrogen and oxygen atoms in total. The fourth-order valence-electron chi connectivity index (χ4n) is 1.75. The molecule has 0 saturated heterocycles. The van der Waals surface area contributed by atoms with Crippen LogP contribution in [-0.4, -0.2) is 21.4 Å². The van der Waals surface area contributed by atoms with Gasteiger partial charge in [0.2, 0.25) is 0 Å². The van der Waals surface area contributed by atoms with Crippen molar-refractivity contribution in [1.29, 1.82) is 0 Å². The predicted molar refractivity (Wildman–Crippen MR) is 72.8 cm³/mol. The summed E-state index contributed by atoms with van der Waals surface area (Å²) in [5, 5.41) is 10.8. The second-order valence-electron chi connectivity index (χ2n) is 4.24. The number of sulfonamides is 1. The Hall–Kier alpha value is -2.41. The molecule has 0 N–H and O–H groups in total. The zero-order chi connectivity index (χ0) is 15.6. The lowest BCUT2D eigenvalue weighted by atomic mass is 10.2. The second-order valence-corrected chi connectivity index (χ2v) is 6.18. The predicted octanol–water partition coefficient (Wildman–Crippen LogP) is 1.01. The molecule has 0 atom stereocenters. The standard InChI is InChI=1S/C14H12FNO4S/c1-16(11-5-3-2-4-6-11)21(19,20)13-9-10(14(17)18)7-8-12(13)15/h2-9H,1H3,(H,17,18)/p-1. The average molecular weight is 308 g/mol. The number of carbonyl (C=O) groups is 1. The van der Waals surface area contributed by atoms with E-state index in [0.29, 0.717) is 5.69 Å². The SMILES string of the molecule is CN(c1ccccc1)S(=O)(=O)c1cc(C(=O)[O-])ccc1F. The van der Waals surface area contributed by atoms with Crippen molar-refractivity contribution in [2.75, 3.05) is 11.4 Å². The van der Waals surface area contributed by atoms with E-state index in [9.17, 15) is 22.7 Å². The maximum Gasteiger partial charge on any atom is 0.267 e. The number of carboxylic acid groups (broad SMARTS) is 1. The van der Waals surface area contributed by atoms with Gasteiger partial charge in [-0.25, -0.2) is 12.8 Å². The van der Waals surface area contributed by atoms with Crippen LogP contribution in [0.4, 0.5) is 10.1 Å². The minimum atomic E-state index is -4.21. The normalized spacial score (nSPS) is 11.1. The number of nitrogens with zero attached hydrogens (tertiary/aromatic N) is 1. The minimum absolute atomic E-state index is 0.329. The molecule has 2 rings (SSSR count). The van der Waals surface area contributed by atoms with E-state index < -0.39 is 32.3 Å². The average Bonchev–Trinajstić information content (AvgIpc) is 2.47. The Morgan fingerprint density at radius 2 is 1.76 bits per heavy atom. The summed E-state index contributed by atoms with van der Waals surface area (Å²) in [6.45, 7) is 0. The number of rotatable bonds is 4. The van der Waals surface area contributed by atoms with Gasteiger partial charge in [-0.05, 0) is 29.8 Å². The van der Waals surface area contributed by atoms with Crippen LogP contribution in [0.5, 0.6) is 0 Å². The molecule has 0 aliphatic rings. The number of carbonyl (C=O) groups excluding carboxylic acids is 1. The molecule has 2 aromatic rings. The number of hydrogen-bond donors (Lipinski definition) is 0. The summed E-state index contributed by atoms with van der Waals surface area (Å²) in [7, 11) is -2.95. The van der Waals surface area contributed by atoms with Gasteiger partial charge < -0.3 is 9.90 Å². The fraction of sp³-hybridized carbons (Fsp3) is 0.0714. The Balaban J connectivity index is 2.54. The van der Waals surface area contributed by atoms with Crippen LogP contribution in [0.1, 0.15) is 10.4 Å². The molecule has 0 heterocycles. The summed E-state index contributed by atoms with van der Waals surface area (Å²) in [6, 6.07) is 10.5. The van der Waals surface area contributed by atoms with Crippen molar-refractivity contribution in [3.05, 3.63) is 59.9 Å². The van der Waals surface area contributed by atoms with Gasteiger partial charge in [-0.1, -0.05) is 24.3 Å². The third kappa shape index (κ3) is 2.87. The maximum absolute atomic E-state index is 13.8. The van der Waals surface area contributed by atoms with E-state index in [2.05, 4.69) is 0 Å². The Kier molecular flexibility index (Phi) is 3.95. The summed E-state index contributed by atoms with van der Waals surface area (Å²) in [5.74, 6) is -2.60. The first-order chi connectivity index (χ1) is 9.84. The van der Waals surface area contributed by atoms with Gasteiger partial charge in [0.25, 0.3) is 10.0 Å². The maximum atomic E-state index is 13.8. The van der Waals surface area contributed by atoms with Crippen molar-refractivity contribution < 1.29 is 22.7 Å². The summed E-state index contributed by atoms with van der Waals surface area (Å²) < 4.78 is 39.5. The van der Waals surface area contributed by atoms with Crippen molar-refractivity contribution in [1.82, 2.24) is 0 Å². The van der Waals surface area contributed by atoms with E-state index in [0.717, 1.165) is 22.5 Å². The molecule has 2 aromatic carbocycles. The minimum Gasteiger partial charge on any atom is -0.545 e. The van der Waals surface area contributed by atoms with Crippen LogP contribution < -0.4 is 9.41 Å². The van der Waals surface area contributed by atoms with Gasteiger partial charge >= 0.3 is 0 Å². The highest BCUT2D eigenvalue weighted by atomic mass is 32.2. The lowest BCUT2D eigenvalue weighted by Gasteiger charge is -2.20. The number of aromatic carboxylic acids is 1.